The van der Waals surface area contributed by atoms with Gasteiger partial charge in [0.1, 0.15) is 5.75 Å². The van der Waals surface area contributed by atoms with Gasteiger partial charge >= 0.3 is 6.36 Å². The highest BCUT2D eigenvalue weighted by molar-refractivity contribution is 8.01. The van der Waals surface area contributed by atoms with Crippen LogP contribution in [0.5, 0.6) is 5.75 Å². The van der Waals surface area contributed by atoms with E-state index in [0.29, 0.717) is 15.9 Å². The van der Waals surface area contributed by atoms with Gasteiger partial charge in [-0.05, 0) is 42.7 Å². The molecule has 1 aromatic heterocycles. The van der Waals surface area contributed by atoms with Crippen molar-refractivity contribution in [1.29, 1.82) is 0 Å². The van der Waals surface area contributed by atoms with Gasteiger partial charge in [-0.3, -0.25) is 4.79 Å². The molecule has 0 bridgehead atoms. The van der Waals surface area contributed by atoms with Crippen LogP contribution in [0, 0.1) is 6.92 Å². The minimum Gasteiger partial charge on any atom is -0.406 e. The molecule has 1 N–H and O–H groups in total. The van der Waals surface area contributed by atoms with Gasteiger partial charge < -0.3 is 10.1 Å². The Balaban J connectivity index is 1.51. The number of rotatable bonds is 6. The molecular weight excluding hydrogens is 411 g/mol. The molecule has 0 atom stereocenters. The van der Waals surface area contributed by atoms with E-state index in [4.69, 9.17) is 0 Å². The lowest BCUT2D eigenvalue weighted by Gasteiger charge is -2.09. The van der Waals surface area contributed by atoms with Crippen LogP contribution in [-0.4, -0.2) is 27.4 Å². The van der Waals surface area contributed by atoms with Gasteiger partial charge in [0.25, 0.3) is 0 Å². The average molecular weight is 425 g/mol. The fourth-order valence-corrected chi connectivity index (χ4v) is 3.57. The van der Waals surface area contributed by atoms with E-state index in [2.05, 4.69) is 19.4 Å². The predicted molar refractivity (Wildman–Crippen MR) is 103 cm³/mol. The number of carbonyl (C=O) groups is 1. The first-order valence-electron chi connectivity index (χ1n) is 7.98. The number of benzene rings is 2. The molecule has 10 heteroatoms. The highest BCUT2D eigenvalue weighted by atomic mass is 32.2. The number of halogens is 3. The Bertz CT molecular complexity index is 942. The molecule has 5 nitrogen and oxygen atoms in total. The number of carbonyl (C=O) groups excluding carboxylic acids is 1. The van der Waals surface area contributed by atoms with Crippen molar-refractivity contribution in [2.24, 2.45) is 0 Å². The maximum atomic E-state index is 12.1. The minimum absolute atomic E-state index is 0.101. The number of alkyl halides is 3. The third kappa shape index (κ3) is 5.96. The molecular formula is C18H14F3N3O2S2. The number of nitrogens with one attached hydrogen (secondary N) is 1. The van der Waals surface area contributed by atoms with Crippen molar-refractivity contribution >= 4 is 34.9 Å². The van der Waals surface area contributed by atoms with Crippen molar-refractivity contribution in [3.05, 3.63) is 54.1 Å². The summed E-state index contributed by atoms with van der Waals surface area (Å²) in [6.45, 7) is 2.00. The molecule has 0 aliphatic carbocycles. The van der Waals surface area contributed by atoms with Crippen molar-refractivity contribution in [2.45, 2.75) is 17.6 Å². The molecule has 0 spiro atoms. The number of hydrogen-bond donors (Lipinski definition) is 1. The van der Waals surface area contributed by atoms with E-state index in [0.717, 1.165) is 23.3 Å². The quantitative estimate of drug-likeness (QED) is 0.554. The zero-order valence-electron chi connectivity index (χ0n) is 14.5. The normalized spacial score (nSPS) is 11.3. The number of ether oxygens (including phenoxy) is 1. The Kier molecular flexibility index (Phi) is 6.20. The van der Waals surface area contributed by atoms with Gasteiger partial charge in [0.05, 0.1) is 5.75 Å². The monoisotopic (exact) mass is 425 g/mol. The molecule has 0 aliphatic rings. The number of hydrogen-bond acceptors (Lipinski definition) is 6. The van der Waals surface area contributed by atoms with E-state index in [1.165, 1.54) is 35.4 Å². The number of nitrogens with zero attached hydrogens (tertiary/aromatic N) is 2. The van der Waals surface area contributed by atoms with Crippen molar-refractivity contribution in [3.63, 3.8) is 0 Å². The smallest absolute Gasteiger partial charge is 0.406 e. The summed E-state index contributed by atoms with van der Waals surface area (Å²) in [5.74, 6) is 0.0516. The topological polar surface area (TPSA) is 64.1 Å². The fourth-order valence-electron chi connectivity index (χ4n) is 2.15. The van der Waals surface area contributed by atoms with Crippen LogP contribution < -0.4 is 10.1 Å². The molecule has 0 saturated carbocycles. The molecule has 0 fully saturated rings. The van der Waals surface area contributed by atoms with Gasteiger partial charge in [-0.1, -0.05) is 41.6 Å². The Morgan fingerprint density at radius 1 is 1.14 bits per heavy atom. The van der Waals surface area contributed by atoms with Gasteiger partial charge in [0.2, 0.25) is 5.91 Å². The molecule has 1 heterocycles. The third-order valence-electron chi connectivity index (χ3n) is 3.42. The lowest BCUT2D eigenvalue weighted by atomic mass is 10.1. The lowest BCUT2D eigenvalue weighted by molar-refractivity contribution is -0.274. The van der Waals surface area contributed by atoms with Crippen LogP contribution in [0.3, 0.4) is 0 Å². The predicted octanol–water partition coefficient (Wildman–Crippen LogP) is 5.14. The highest BCUT2D eigenvalue weighted by Crippen LogP contribution is 2.26. The van der Waals surface area contributed by atoms with Crippen molar-refractivity contribution in [2.75, 3.05) is 11.1 Å². The standard InChI is InChI=1S/C18H14F3N3O2S2/c1-11-2-4-12(5-3-11)16-23-17(28-24-16)27-10-15(25)22-13-6-8-14(9-7-13)26-18(19,20)21/h2-9H,10H2,1H3,(H,22,25). The van der Waals surface area contributed by atoms with Crippen LogP contribution in [0.15, 0.2) is 52.9 Å². The molecule has 0 unspecified atom stereocenters. The number of aryl methyl sites for hydroxylation is 1. The number of amides is 1. The van der Waals surface area contributed by atoms with Gasteiger partial charge in [0, 0.05) is 11.3 Å². The van der Waals surface area contributed by atoms with Crippen LogP contribution in [-0.2, 0) is 4.79 Å². The van der Waals surface area contributed by atoms with Crippen molar-refractivity contribution in [1.82, 2.24) is 9.36 Å². The summed E-state index contributed by atoms with van der Waals surface area (Å²) in [7, 11) is 0. The number of thioether (sulfide) groups is 1. The van der Waals surface area contributed by atoms with Crippen LogP contribution in [0.1, 0.15) is 5.56 Å². The number of anilines is 1. The van der Waals surface area contributed by atoms with Gasteiger partial charge in [0.15, 0.2) is 10.2 Å². The molecule has 28 heavy (non-hydrogen) atoms. The minimum atomic E-state index is -4.75. The van der Waals surface area contributed by atoms with E-state index in [9.17, 15) is 18.0 Å². The summed E-state index contributed by atoms with van der Waals surface area (Å²) in [6.07, 6.45) is -4.75. The van der Waals surface area contributed by atoms with E-state index >= 15 is 0 Å². The summed E-state index contributed by atoms with van der Waals surface area (Å²) in [5.41, 5.74) is 2.42. The maximum Gasteiger partial charge on any atom is 0.573 e. The zero-order chi connectivity index (χ0) is 20.1. The summed E-state index contributed by atoms with van der Waals surface area (Å²) in [4.78, 5) is 16.4. The van der Waals surface area contributed by atoms with Crippen molar-refractivity contribution < 1.29 is 22.7 Å². The second-order valence-corrected chi connectivity index (χ2v) is 7.63. The highest BCUT2D eigenvalue weighted by Gasteiger charge is 2.30. The second kappa shape index (κ2) is 8.61. The summed E-state index contributed by atoms with van der Waals surface area (Å²) < 4.78 is 45.1. The molecule has 146 valence electrons. The van der Waals surface area contributed by atoms with E-state index in [1.807, 2.05) is 31.2 Å². The summed E-state index contributed by atoms with van der Waals surface area (Å²) >= 11 is 2.44. The number of aromatic nitrogens is 2. The van der Waals surface area contributed by atoms with Crippen LogP contribution in [0.2, 0.25) is 0 Å². The summed E-state index contributed by atoms with van der Waals surface area (Å²) in [6, 6.07) is 12.8. The zero-order valence-corrected chi connectivity index (χ0v) is 16.1. The SMILES string of the molecule is Cc1ccc(-c2nsc(SCC(=O)Nc3ccc(OC(F)(F)F)cc3)n2)cc1. The Hall–Kier alpha value is -2.59. The molecule has 0 saturated heterocycles. The Morgan fingerprint density at radius 2 is 1.82 bits per heavy atom. The van der Waals surface area contributed by atoms with Crippen LogP contribution in [0.4, 0.5) is 18.9 Å². The van der Waals surface area contributed by atoms with Crippen LogP contribution >= 0.6 is 23.3 Å². The fraction of sp³-hybridized carbons (Fsp3) is 0.167. The molecule has 2 aromatic carbocycles. The average Bonchev–Trinajstić information content (AvgIpc) is 3.10. The summed E-state index contributed by atoms with van der Waals surface area (Å²) in [5, 5.41) is 2.61. The Morgan fingerprint density at radius 3 is 2.46 bits per heavy atom. The third-order valence-corrected chi connectivity index (χ3v) is 5.25. The van der Waals surface area contributed by atoms with E-state index in [-0.39, 0.29) is 17.4 Å². The van der Waals surface area contributed by atoms with Gasteiger partial charge in [-0.2, -0.15) is 4.37 Å². The molecule has 0 aliphatic heterocycles. The lowest BCUT2D eigenvalue weighted by Crippen LogP contribution is -2.17. The first-order chi connectivity index (χ1) is 13.3. The molecule has 0 radical (unpaired) electrons. The van der Waals surface area contributed by atoms with Crippen molar-refractivity contribution in [3.8, 4) is 17.1 Å². The van der Waals surface area contributed by atoms with E-state index in [1.54, 1.807) is 0 Å². The Labute approximate surface area is 167 Å². The molecule has 1 amide bonds. The maximum absolute atomic E-state index is 12.1. The van der Waals surface area contributed by atoms with Gasteiger partial charge in [-0.15, -0.1) is 13.2 Å². The van der Waals surface area contributed by atoms with Crippen LogP contribution in [0.25, 0.3) is 11.4 Å². The molecule has 3 aromatic rings. The van der Waals surface area contributed by atoms with Gasteiger partial charge in [-0.25, -0.2) is 4.98 Å². The first-order valence-corrected chi connectivity index (χ1v) is 9.73. The molecule has 3 rings (SSSR count). The van der Waals surface area contributed by atoms with E-state index < -0.39 is 6.36 Å². The first kappa shape index (κ1) is 20.2. The largest absolute Gasteiger partial charge is 0.573 e. The second-order valence-electron chi connectivity index (χ2n) is 5.66.